The van der Waals surface area contributed by atoms with Gasteiger partial charge < -0.3 is 4.52 Å². The molecule has 0 atom stereocenters. The Labute approximate surface area is 147 Å². The van der Waals surface area contributed by atoms with Crippen molar-refractivity contribution in [3.63, 3.8) is 0 Å². The standard InChI is InChI=1S/C18H11ClN4O2/c19-13-6-4-5-12(11-13)17-20-18(25-22-17)16-15(24)9-10-23(21-16)14-7-2-1-3-8-14/h1-11H. The molecule has 0 unspecified atom stereocenters. The maximum absolute atomic E-state index is 12.2. The highest BCUT2D eigenvalue weighted by Crippen LogP contribution is 2.22. The molecular weight excluding hydrogens is 340 g/mol. The van der Waals surface area contributed by atoms with Crippen LogP contribution in [-0.4, -0.2) is 19.9 Å². The fraction of sp³-hybridized carbons (Fsp3) is 0. The number of hydrogen-bond donors (Lipinski definition) is 0. The largest absolute Gasteiger partial charge is 0.332 e. The predicted molar refractivity (Wildman–Crippen MR) is 93.6 cm³/mol. The summed E-state index contributed by atoms with van der Waals surface area (Å²) in [5.74, 6) is 0.402. The highest BCUT2D eigenvalue weighted by molar-refractivity contribution is 6.30. The highest BCUT2D eigenvalue weighted by Gasteiger charge is 2.16. The molecule has 2 aromatic heterocycles. The van der Waals surface area contributed by atoms with Crippen LogP contribution in [0.15, 0.2) is 76.2 Å². The van der Waals surface area contributed by atoms with Crippen molar-refractivity contribution in [1.82, 2.24) is 19.9 Å². The summed E-state index contributed by atoms with van der Waals surface area (Å²) >= 11 is 5.98. The molecule has 2 aromatic carbocycles. The molecule has 122 valence electrons. The lowest BCUT2D eigenvalue weighted by Gasteiger charge is -2.04. The number of aromatic nitrogens is 4. The first-order chi connectivity index (χ1) is 12.2. The molecule has 25 heavy (non-hydrogen) atoms. The van der Waals surface area contributed by atoms with Crippen molar-refractivity contribution in [2.45, 2.75) is 0 Å². The van der Waals surface area contributed by atoms with Gasteiger partial charge in [-0.1, -0.05) is 47.1 Å². The normalized spacial score (nSPS) is 10.8. The number of hydrogen-bond acceptors (Lipinski definition) is 5. The Balaban J connectivity index is 1.77. The number of halogens is 1. The van der Waals surface area contributed by atoms with Crippen LogP contribution in [0.2, 0.25) is 5.02 Å². The number of nitrogens with zero attached hydrogens (tertiary/aromatic N) is 4. The minimum Gasteiger partial charge on any atom is -0.332 e. The number of rotatable bonds is 3. The van der Waals surface area contributed by atoms with Gasteiger partial charge in [0.1, 0.15) is 0 Å². The molecule has 0 aliphatic rings. The van der Waals surface area contributed by atoms with E-state index in [0.717, 1.165) is 5.69 Å². The number of benzene rings is 2. The van der Waals surface area contributed by atoms with Gasteiger partial charge in [0.2, 0.25) is 11.3 Å². The van der Waals surface area contributed by atoms with Crippen LogP contribution in [0.1, 0.15) is 0 Å². The lowest BCUT2D eigenvalue weighted by molar-refractivity contribution is 0.429. The summed E-state index contributed by atoms with van der Waals surface area (Å²) in [6.45, 7) is 0. The predicted octanol–water partition coefficient (Wildman–Crippen LogP) is 3.60. The van der Waals surface area contributed by atoms with Gasteiger partial charge in [-0.3, -0.25) is 4.79 Å². The first-order valence-electron chi connectivity index (χ1n) is 7.46. The second kappa shape index (κ2) is 6.33. The summed E-state index contributed by atoms with van der Waals surface area (Å²) < 4.78 is 6.82. The molecule has 7 heteroatoms. The van der Waals surface area contributed by atoms with Gasteiger partial charge in [0, 0.05) is 22.8 Å². The first-order valence-corrected chi connectivity index (χ1v) is 7.84. The van der Waals surface area contributed by atoms with E-state index in [4.69, 9.17) is 16.1 Å². The van der Waals surface area contributed by atoms with E-state index in [-0.39, 0.29) is 17.0 Å². The topological polar surface area (TPSA) is 73.8 Å². The summed E-state index contributed by atoms with van der Waals surface area (Å²) in [6.07, 6.45) is 1.59. The van der Waals surface area contributed by atoms with Crippen LogP contribution in [-0.2, 0) is 0 Å². The van der Waals surface area contributed by atoms with E-state index in [1.807, 2.05) is 30.3 Å². The van der Waals surface area contributed by atoms with Crippen LogP contribution >= 0.6 is 11.6 Å². The van der Waals surface area contributed by atoms with Gasteiger partial charge in [-0.15, -0.1) is 0 Å². The molecule has 0 saturated heterocycles. The fourth-order valence-electron chi connectivity index (χ4n) is 2.34. The van der Waals surface area contributed by atoms with Gasteiger partial charge in [0.05, 0.1) is 5.69 Å². The third-order valence-electron chi connectivity index (χ3n) is 3.54. The Morgan fingerprint density at radius 1 is 1.00 bits per heavy atom. The molecule has 0 aliphatic heterocycles. The quantitative estimate of drug-likeness (QED) is 0.564. The van der Waals surface area contributed by atoms with E-state index in [1.165, 1.54) is 6.07 Å². The Morgan fingerprint density at radius 3 is 2.64 bits per heavy atom. The SMILES string of the molecule is O=c1ccn(-c2ccccc2)nc1-c1nc(-c2cccc(Cl)c2)no1. The van der Waals surface area contributed by atoms with Gasteiger partial charge in [-0.25, -0.2) is 4.68 Å². The molecule has 0 spiro atoms. The van der Waals surface area contributed by atoms with E-state index in [1.54, 1.807) is 35.1 Å². The Morgan fingerprint density at radius 2 is 1.84 bits per heavy atom. The van der Waals surface area contributed by atoms with E-state index in [2.05, 4.69) is 15.2 Å². The molecule has 0 bridgehead atoms. The summed E-state index contributed by atoms with van der Waals surface area (Å²) in [5.41, 5.74) is 1.31. The van der Waals surface area contributed by atoms with Crippen LogP contribution in [0.3, 0.4) is 0 Å². The lowest BCUT2D eigenvalue weighted by atomic mass is 10.2. The monoisotopic (exact) mass is 350 g/mol. The van der Waals surface area contributed by atoms with Crippen LogP contribution in [0, 0.1) is 0 Å². The summed E-state index contributed by atoms with van der Waals surface area (Å²) in [6, 6.07) is 17.9. The zero-order valence-electron chi connectivity index (χ0n) is 12.8. The van der Waals surface area contributed by atoms with Gasteiger partial charge in [-0.2, -0.15) is 10.1 Å². The first kappa shape index (κ1) is 15.3. The maximum Gasteiger partial charge on any atom is 0.282 e. The molecule has 4 aromatic rings. The second-order valence-electron chi connectivity index (χ2n) is 5.24. The Kier molecular flexibility index (Phi) is 3.87. The van der Waals surface area contributed by atoms with Crippen LogP contribution in [0.25, 0.3) is 28.7 Å². The summed E-state index contributed by atoms with van der Waals surface area (Å²) in [7, 11) is 0. The molecule has 0 N–H and O–H groups in total. The summed E-state index contributed by atoms with van der Waals surface area (Å²) in [5, 5.41) is 8.80. The van der Waals surface area contributed by atoms with Gasteiger partial charge in [0.25, 0.3) is 5.89 Å². The zero-order valence-corrected chi connectivity index (χ0v) is 13.6. The second-order valence-corrected chi connectivity index (χ2v) is 5.68. The van der Waals surface area contributed by atoms with Crippen molar-refractivity contribution < 1.29 is 4.52 Å². The maximum atomic E-state index is 12.2. The average Bonchev–Trinajstić information content (AvgIpc) is 3.13. The van der Waals surface area contributed by atoms with E-state index in [9.17, 15) is 4.79 Å². The van der Waals surface area contributed by atoms with Crippen molar-refractivity contribution >= 4 is 11.6 Å². The van der Waals surface area contributed by atoms with Crippen molar-refractivity contribution in [2.75, 3.05) is 0 Å². The minimum absolute atomic E-state index is 0.0604. The van der Waals surface area contributed by atoms with Crippen LogP contribution in [0.4, 0.5) is 0 Å². The molecular formula is C18H11ClN4O2. The van der Waals surface area contributed by atoms with E-state index < -0.39 is 0 Å². The lowest BCUT2D eigenvalue weighted by Crippen LogP contribution is -2.12. The molecule has 0 radical (unpaired) electrons. The summed E-state index contributed by atoms with van der Waals surface area (Å²) in [4.78, 5) is 16.5. The van der Waals surface area contributed by atoms with Crippen molar-refractivity contribution in [3.05, 3.63) is 82.1 Å². The van der Waals surface area contributed by atoms with Crippen LogP contribution in [0.5, 0.6) is 0 Å². The van der Waals surface area contributed by atoms with Crippen LogP contribution < -0.4 is 5.43 Å². The Bertz CT molecular complexity index is 1090. The highest BCUT2D eigenvalue weighted by atomic mass is 35.5. The molecule has 0 amide bonds. The van der Waals surface area contributed by atoms with Crippen molar-refractivity contribution in [2.24, 2.45) is 0 Å². The third kappa shape index (κ3) is 3.07. The van der Waals surface area contributed by atoms with Gasteiger partial charge in [0.15, 0.2) is 5.69 Å². The van der Waals surface area contributed by atoms with Gasteiger partial charge >= 0.3 is 0 Å². The smallest absolute Gasteiger partial charge is 0.282 e. The molecule has 0 fully saturated rings. The van der Waals surface area contributed by atoms with E-state index in [0.29, 0.717) is 16.4 Å². The Hall–Kier alpha value is -3.25. The molecule has 4 rings (SSSR count). The van der Waals surface area contributed by atoms with Gasteiger partial charge in [-0.05, 0) is 24.3 Å². The molecule has 0 aliphatic carbocycles. The van der Waals surface area contributed by atoms with Crippen molar-refractivity contribution in [1.29, 1.82) is 0 Å². The minimum atomic E-state index is -0.298. The molecule has 0 saturated carbocycles. The third-order valence-corrected chi connectivity index (χ3v) is 3.78. The molecule has 2 heterocycles. The number of para-hydroxylation sites is 1. The molecule has 6 nitrogen and oxygen atoms in total. The fourth-order valence-corrected chi connectivity index (χ4v) is 2.54. The average molecular weight is 351 g/mol. The zero-order chi connectivity index (χ0) is 17.2. The van der Waals surface area contributed by atoms with E-state index >= 15 is 0 Å². The van der Waals surface area contributed by atoms with Crippen molar-refractivity contribution in [3.8, 4) is 28.7 Å².